The van der Waals surface area contributed by atoms with Gasteiger partial charge in [-0.3, -0.25) is 4.68 Å². The lowest BCUT2D eigenvalue weighted by molar-refractivity contribution is 0.421. The molecule has 1 aliphatic heterocycles. The number of aromatic nitrogens is 3. The summed E-state index contributed by atoms with van der Waals surface area (Å²) in [5, 5.41) is 15.9. The zero-order valence-corrected chi connectivity index (χ0v) is 12.9. The van der Waals surface area contributed by atoms with Crippen molar-refractivity contribution in [3.8, 4) is 11.4 Å². The number of aliphatic imine (C=N–C) groups is 1. The molecule has 116 valence electrons. The largest absolute Gasteiger partial charge is 0.364 e. The minimum atomic E-state index is -0.358. The molecule has 3 aromatic rings. The molecule has 0 fully saturated rings. The highest BCUT2D eigenvalue weighted by Crippen LogP contribution is 2.21. The van der Waals surface area contributed by atoms with Crippen LogP contribution in [0.4, 0.5) is 0 Å². The second-order valence-electron chi connectivity index (χ2n) is 5.06. The quantitative estimate of drug-likeness (QED) is 0.762. The molecule has 0 aliphatic carbocycles. The Bertz CT molecular complexity index is 847. The maximum Gasteiger partial charge on any atom is 0.155 e. The second kappa shape index (κ2) is 5.82. The van der Waals surface area contributed by atoms with E-state index in [1.165, 1.54) is 5.56 Å². The van der Waals surface area contributed by atoms with Crippen LogP contribution in [-0.4, -0.2) is 26.9 Å². The Labute approximate surface area is 136 Å². The summed E-state index contributed by atoms with van der Waals surface area (Å²) in [5.74, 6) is 0.647. The zero-order chi connectivity index (χ0) is 15.6. The molecule has 4 rings (SSSR count). The molecule has 4 heterocycles. The lowest BCUT2D eigenvalue weighted by Crippen LogP contribution is -2.29. The van der Waals surface area contributed by atoms with E-state index < -0.39 is 0 Å². The van der Waals surface area contributed by atoms with E-state index >= 15 is 0 Å². The average Bonchev–Trinajstić information content (AvgIpc) is 3.29. The van der Waals surface area contributed by atoms with Crippen molar-refractivity contribution in [1.29, 1.82) is 0 Å². The molecule has 0 amide bonds. The summed E-state index contributed by atoms with van der Waals surface area (Å²) in [4.78, 5) is 4.36. The fourth-order valence-corrected chi connectivity index (χ4v) is 3.01. The molecule has 0 spiro atoms. The van der Waals surface area contributed by atoms with Crippen molar-refractivity contribution in [2.24, 2.45) is 10.7 Å². The van der Waals surface area contributed by atoms with Gasteiger partial charge in [-0.05, 0) is 34.5 Å². The maximum atomic E-state index is 5.84. The van der Waals surface area contributed by atoms with Crippen LogP contribution in [0.15, 0.2) is 57.0 Å². The van der Waals surface area contributed by atoms with E-state index in [4.69, 9.17) is 10.3 Å². The summed E-state index contributed by atoms with van der Waals surface area (Å²) >= 11 is 1.66. The zero-order valence-electron chi connectivity index (χ0n) is 12.1. The highest BCUT2D eigenvalue weighted by molar-refractivity contribution is 7.07. The number of amidine groups is 1. The fraction of sp³-hybridized carbons (Fsp3) is 0.133. The molecule has 7 nitrogen and oxygen atoms in total. The predicted molar refractivity (Wildman–Crippen MR) is 87.9 cm³/mol. The Hall–Kier alpha value is -2.71. The minimum Gasteiger partial charge on any atom is -0.364 e. The van der Waals surface area contributed by atoms with Crippen molar-refractivity contribution in [1.82, 2.24) is 20.3 Å². The standard InChI is InChI=1S/C15H14N6OS/c16-14-1-4-17-15(18-14)12-7-13(11-2-5-22-20-11)21(19-12)8-10-3-6-23-9-10/h1-7,9,14H,8,16H2,(H,17,18). The number of hydrogen-bond donors (Lipinski definition) is 2. The molecular formula is C15H14N6OS. The molecule has 3 N–H and O–H groups in total. The van der Waals surface area contributed by atoms with Crippen LogP contribution in [0, 0.1) is 0 Å². The van der Waals surface area contributed by atoms with Crippen LogP contribution in [0.1, 0.15) is 11.3 Å². The van der Waals surface area contributed by atoms with Crippen molar-refractivity contribution in [2.75, 3.05) is 0 Å². The summed E-state index contributed by atoms with van der Waals surface area (Å²) in [7, 11) is 0. The molecule has 0 aromatic carbocycles. The first-order valence-electron chi connectivity index (χ1n) is 7.06. The third-order valence-corrected chi connectivity index (χ3v) is 4.16. The van der Waals surface area contributed by atoms with Gasteiger partial charge in [-0.15, -0.1) is 0 Å². The molecule has 1 unspecified atom stereocenters. The van der Waals surface area contributed by atoms with Crippen molar-refractivity contribution in [2.45, 2.75) is 12.7 Å². The van der Waals surface area contributed by atoms with Gasteiger partial charge < -0.3 is 15.6 Å². The molecule has 1 aliphatic rings. The summed E-state index contributed by atoms with van der Waals surface area (Å²) in [5.41, 5.74) is 9.34. The van der Waals surface area contributed by atoms with Gasteiger partial charge in [0.05, 0.1) is 12.2 Å². The van der Waals surface area contributed by atoms with Crippen LogP contribution < -0.4 is 11.1 Å². The summed E-state index contributed by atoms with van der Waals surface area (Å²) < 4.78 is 6.86. The van der Waals surface area contributed by atoms with E-state index in [-0.39, 0.29) is 6.17 Å². The van der Waals surface area contributed by atoms with Crippen molar-refractivity contribution in [3.63, 3.8) is 0 Å². The lowest BCUT2D eigenvalue weighted by Gasteiger charge is -2.11. The smallest absolute Gasteiger partial charge is 0.155 e. The SMILES string of the molecule is NC1C=CNC(c2cc(-c3ccon3)n(Cc3ccsc3)n2)=N1. The first-order chi connectivity index (χ1) is 11.3. The van der Waals surface area contributed by atoms with Crippen LogP contribution in [0.25, 0.3) is 11.4 Å². The Morgan fingerprint density at radius 1 is 1.35 bits per heavy atom. The molecule has 23 heavy (non-hydrogen) atoms. The van der Waals surface area contributed by atoms with E-state index in [2.05, 4.69) is 32.0 Å². The molecular weight excluding hydrogens is 312 g/mol. The highest BCUT2D eigenvalue weighted by Gasteiger charge is 2.17. The minimum absolute atomic E-state index is 0.358. The summed E-state index contributed by atoms with van der Waals surface area (Å²) in [6, 6.07) is 5.82. The van der Waals surface area contributed by atoms with Crippen molar-refractivity contribution < 1.29 is 4.52 Å². The van der Waals surface area contributed by atoms with Gasteiger partial charge in [-0.25, -0.2) is 4.99 Å². The lowest BCUT2D eigenvalue weighted by atomic mass is 10.2. The average molecular weight is 326 g/mol. The second-order valence-corrected chi connectivity index (χ2v) is 5.84. The maximum absolute atomic E-state index is 5.84. The number of rotatable bonds is 4. The molecule has 0 saturated carbocycles. The van der Waals surface area contributed by atoms with Crippen LogP contribution >= 0.6 is 11.3 Å². The Balaban J connectivity index is 1.74. The number of nitrogens with one attached hydrogen (secondary N) is 1. The molecule has 0 saturated heterocycles. The Kier molecular flexibility index (Phi) is 3.52. The normalized spacial score (nSPS) is 17.1. The predicted octanol–water partition coefficient (Wildman–Crippen LogP) is 1.80. The Morgan fingerprint density at radius 3 is 3.04 bits per heavy atom. The van der Waals surface area contributed by atoms with Gasteiger partial charge in [0.25, 0.3) is 0 Å². The monoisotopic (exact) mass is 326 g/mol. The van der Waals surface area contributed by atoms with E-state index in [1.54, 1.807) is 29.9 Å². The number of thiophene rings is 1. The van der Waals surface area contributed by atoms with Gasteiger partial charge in [0, 0.05) is 12.3 Å². The molecule has 0 radical (unpaired) electrons. The summed E-state index contributed by atoms with van der Waals surface area (Å²) in [6.07, 6.45) is 4.75. The van der Waals surface area contributed by atoms with Gasteiger partial charge in [-0.2, -0.15) is 16.4 Å². The van der Waals surface area contributed by atoms with Crippen LogP contribution in [0.2, 0.25) is 0 Å². The van der Waals surface area contributed by atoms with Gasteiger partial charge in [0.1, 0.15) is 23.8 Å². The molecule has 0 bridgehead atoms. The van der Waals surface area contributed by atoms with Crippen LogP contribution in [-0.2, 0) is 6.54 Å². The first-order valence-corrected chi connectivity index (χ1v) is 8.00. The van der Waals surface area contributed by atoms with E-state index in [1.807, 2.05) is 22.2 Å². The van der Waals surface area contributed by atoms with Gasteiger partial charge >= 0.3 is 0 Å². The van der Waals surface area contributed by atoms with E-state index in [9.17, 15) is 0 Å². The van der Waals surface area contributed by atoms with Gasteiger partial charge in [-0.1, -0.05) is 5.16 Å². The fourth-order valence-electron chi connectivity index (χ4n) is 2.35. The highest BCUT2D eigenvalue weighted by atomic mass is 32.1. The number of nitrogens with two attached hydrogens (primary N) is 1. The van der Waals surface area contributed by atoms with Gasteiger partial charge in [0.2, 0.25) is 0 Å². The molecule has 1 atom stereocenters. The van der Waals surface area contributed by atoms with E-state index in [0.29, 0.717) is 12.4 Å². The van der Waals surface area contributed by atoms with Crippen LogP contribution in [0.5, 0.6) is 0 Å². The first kappa shape index (κ1) is 13.9. The number of hydrogen-bond acceptors (Lipinski definition) is 7. The topological polar surface area (TPSA) is 94.3 Å². The third kappa shape index (κ3) is 2.81. The van der Waals surface area contributed by atoms with Crippen LogP contribution in [0.3, 0.4) is 0 Å². The summed E-state index contributed by atoms with van der Waals surface area (Å²) in [6.45, 7) is 0.654. The van der Waals surface area contributed by atoms with Crippen molar-refractivity contribution in [3.05, 3.63) is 58.8 Å². The van der Waals surface area contributed by atoms with E-state index in [0.717, 1.165) is 17.1 Å². The molecule has 3 aromatic heterocycles. The third-order valence-electron chi connectivity index (χ3n) is 3.43. The molecule has 8 heteroatoms. The Morgan fingerprint density at radius 2 is 2.30 bits per heavy atom. The number of nitrogens with zero attached hydrogens (tertiary/aromatic N) is 4. The van der Waals surface area contributed by atoms with Gasteiger partial charge in [0.15, 0.2) is 5.84 Å². The van der Waals surface area contributed by atoms with Crippen molar-refractivity contribution >= 4 is 17.2 Å².